The molecule has 0 amide bonds. The second kappa shape index (κ2) is 5.63. The Morgan fingerprint density at radius 3 is 1.72 bits per heavy atom. The summed E-state index contributed by atoms with van der Waals surface area (Å²) in [4.78, 5) is 9.18. The van der Waals surface area contributed by atoms with Crippen molar-refractivity contribution >= 4 is 12.4 Å². The summed E-state index contributed by atoms with van der Waals surface area (Å²) < 4.78 is 4.41. The van der Waals surface area contributed by atoms with Crippen LogP contribution < -0.4 is 5.46 Å². The molecule has 5 rings (SSSR count). The van der Waals surface area contributed by atoms with Crippen LogP contribution >= 0.6 is 0 Å². The maximum Gasteiger partial charge on any atom is 0.422 e. The molecule has 118 valence electrons. The number of benzene rings is 1. The first-order valence-electron chi connectivity index (χ1n) is 8.30. The molecule has 0 N–H and O–H groups in total. The molecule has 0 saturated carbocycles. The van der Waals surface area contributed by atoms with Crippen LogP contribution in [0.25, 0.3) is 22.8 Å². The molecule has 1 aromatic carbocycles. The third-order valence-electron chi connectivity index (χ3n) is 4.58. The fourth-order valence-electron chi connectivity index (χ4n) is 3.46. The van der Waals surface area contributed by atoms with Crippen molar-refractivity contribution in [3.05, 3.63) is 91.5 Å². The average Bonchev–Trinajstić information content (AvgIpc) is 3.33. The normalized spacial score (nSPS) is 11.2. The van der Waals surface area contributed by atoms with Crippen molar-refractivity contribution in [3.63, 3.8) is 0 Å². The molecule has 0 spiro atoms. The Labute approximate surface area is 146 Å². The molecule has 0 saturated heterocycles. The van der Waals surface area contributed by atoms with E-state index in [1.54, 1.807) is 0 Å². The molecule has 0 aliphatic carbocycles. The number of hydrogen-bond donors (Lipinski definition) is 0. The van der Waals surface area contributed by atoms with Crippen LogP contribution in [0.5, 0.6) is 0 Å². The van der Waals surface area contributed by atoms with Gasteiger partial charge in [-0.1, -0.05) is 30.3 Å². The number of rotatable bonds is 3. The Hall–Kier alpha value is -3.34. The molecule has 0 aromatic heterocycles. The molecule has 0 radical (unpaired) electrons. The molecule has 4 aliphatic heterocycles. The van der Waals surface area contributed by atoms with Gasteiger partial charge in [0.25, 0.3) is 0 Å². The second-order valence-electron chi connectivity index (χ2n) is 6.06. The number of aromatic nitrogens is 4. The van der Waals surface area contributed by atoms with Crippen LogP contribution in [0, 0.1) is 0 Å². The van der Waals surface area contributed by atoms with Gasteiger partial charge in [0, 0.05) is 23.5 Å². The molecule has 5 heteroatoms. The summed E-state index contributed by atoms with van der Waals surface area (Å²) in [6.07, 6.45) is 7.88. The van der Waals surface area contributed by atoms with Crippen LogP contribution in [0.3, 0.4) is 0 Å². The summed E-state index contributed by atoms with van der Waals surface area (Å²) in [5.41, 5.74) is 3.45. The van der Waals surface area contributed by atoms with Gasteiger partial charge in [-0.25, -0.2) is 9.97 Å². The van der Waals surface area contributed by atoms with E-state index in [4.69, 9.17) is 0 Å². The highest BCUT2D eigenvalue weighted by atomic mass is 15.1. The average molecular weight is 322 g/mol. The van der Waals surface area contributed by atoms with Gasteiger partial charge in [-0.15, -0.1) is 0 Å². The first-order chi connectivity index (χ1) is 12.4. The van der Waals surface area contributed by atoms with Gasteiger partial charge >= 0.3 is 6.98 Å². The zero-order chi connectivity index (χ0) is 16.6. The van der Waals surface area contributed by atoms with Gasteiger partial charge in [-0.2, -0.15) is 0 Å². The second-order valence-corrected chi connectivity index (χ2v) is 6.06. The Kier molecular flexibility index (Phi) is 3.16. The van der Waals surface area contributed by atoms with E-state index in [0.717, 1.165) is 22.8 Å². The van der Waals surface area contributed by atoms with Gasteiger partial charge in [0.15, 0.2) is 0 Å². The van der Waals surface area contributed by atoms with Crippen LogP contribution in [-0.4, -0.2) is 25.9 Å². The minimum Gasteiger partial charge on any atom is -0.352 e. The Morgan fingerprint density at radius 1 is 0.600 bits per heavy atom. The number of pyridine rings is 2. The van der Waals surface area contributed by atoms with Crippen molar-refractivity contribution in [1.29, 1.82) is 0 Å². The highest BCUT2D eigenvalue weighted by Crippen LogP contribution is 2.23. The predicted molar refractivity (Wildman–Crippen MR) is 100 cm³/mol. The monoisotopic (exact) mass is 322 g/mol. The fourth-order valence-corrected chi connectivity index (χ4v) is 3.46. The van der Waals surface area contributed by atoms with Crippen LogP contribution in [0.2, 0.25) is 0 Å². The third kappa shape index (κ3) is 2.24. The third-order valence-corrected chi connectivity index (χ3v) is 4.58. The summed E-state index contributed by atoms with van der Waals surface area (Å²) in [6.45, 7) is -0.0570. The lowest BCUT2D eigenvalue weighted by Gasteiger charge is -2.24. The Bertz CT molecular complexity index is 999. The summed E-state index contributed by atoms with van der Waals surface area (Å²) in [7, 11) is 0. The van der Waals surface area contributed by atoms with Gasteiger partial charge in [-0.3, -0.25) is 0 Å². The SMILES string of the molecule is c1ccc(B(n2cccc3ccnc2-3)n2cccc3ccnc2-3)cc1. The Morgan fingerprint density at radius 2 is 1.16 bits per heavy atom. The van der Waals surface area contributed by atoms with Crippen molar-refractivity contribution in [2.45, 2.75) is 0 Å². The van der Waals surface area contributed by atoms with Crippen molar-refractivity contribution < 1.29 is 0 Å². The standard InChI is InChI=1S/C20H15BN4/c1-2-8-18(9-3-1)21(24-14-4-6-16-10-12-22-19(16)24)25-15-5-7-17-11-13-23-20(17)25/h1-15H. The molecule has 4 nitrogen and oxygen atoms in total. The van der Waals surface area contributed by atoms with E-state index in [1.807, 2.05) is 30.6 Å². The maximum absolute atomic E-state index is 4.59. The minimum absolute atomic E-state index is 0.0570. The highest BCUT2D eigenvalue weighted by Gasteiger charge is 2.28. The van der Waals surface area contributed by atoms with Crippen molar-refractivity contribution in [2.75, 3.05) is 0 Å². The molecule has 0 bridgehead atoms. The predicted octanol–water partition coefficient (Wildman–Crippen LogP) is 3.08. The zero-order valence-corrected chi connectivity index (χ0v) is 13.5. The Balaban J connectivity index is 1.79. The molecule has 25 heavy (non-hydrogen) atoms. The number of fused-ring (bicyclic) bond motifs is 2. The first kappa shape index (κ1) is 14.0. The molecule has 4 heterocycles. The highest BCUT2D eigenvalue weighted by molar-refractivity contribution is 6.71. The summed E-state index contributed by atoms with van der Waals surface area (Å²) >= 11 is 0. The number of hydrogen-bond acceptors (Lipinski definition) is 2. The smallest absolute Gasteiger partial charge is 0.352 e. The lowest BCUT2D eigenvalue weighted by Crippen LogP contribution is -2.46. The van der Waals surface area contributed by atoms with Crippen molar-refractivity contribution in [2.24, 2.45) is 0 Å². The van der Waals surface area contributed by atoms with E-state index < -0.39 is 0 Å². The van der Waals surface area contributed by atoms with Crippen LogP contribution in [0.4, 0.5) is 0 Å². The molecule has 1 aromatic rings. The van der Waals surface area contributed by atoms with Gasteiger partial charge in [0.05, 0.1) is 0 Å². The molecule has 4 aliphatic rings. The van der Waals surface area contributed by atoms with E-state index >= 15 is 0 Å². The quantitative estimate of drug-likeness (QED) is 0.479. The van der Waals surface area contributed by atoms with E-state index in [1.165, 1.54) is 5.46 Å². The van der Waals surface area contributed by atoms with Crippen LogP contribution in [-0.2, 0) is 0 Å². The topological polar surface area (TPSA) is 35.6 Å². The van der Waals surface area contributed by atoms with Crippen molar-refractivity contribution in [3.8, 4) is 22.8 Å². The molecule has 0 unspecified atom stereocenters. The maximum atomic E-state index is 4.59. The molecular formula is C20H15BN4. The summed E-state index contributed by atoms with van der Waals surface area (Å²) in [5.74, 6) is 1.93. The lowest BCUT2D eigenvalue weighted by molar-refractivity contribution is 1.01. The molecule has 0 fully saturated rings. The van der Waals surface area contributed by atoms with E-state index in [2.05, 4.69) is 79.8 Å². The van der Waals surface area contributed by atoms with Gasteiger partial charge in [-0.05, 0) is 54.3 Å². The fraction of sp³-hybridized carbons (Fsp3) is 0. The summed E-state index contributed by atoms with van der Waals surface area (Å²) in [6, 6.07) is 22.9. The molecule has 0 atom stereocenters. The summed E-state index contributed by atoms with van der Waals surface area (Å²) in [5, 5.41) is 0. The first-order valence-corrected chi connectivity index (χ1v) is 8.30. The van der Waals surface area contributed by atoms with Gasteiger partial charge < -0.3 is 8.96 Å². The lowest BCUT2D eigenvalue weighted by atomic mass is 9.66. The zero-order valence-electron chi connectivity index (χ0n) is 13.5. The van der Waals surface area contributed by atoms with E-state index in [9.17, 15) is 0 Å². The molecular weight excluding hydrogens is 307 g/mol. The number of nitrogens with zero attached hydrogens (tertiary/aromatic N) is 4. The van der Waals surface area contributed by atoms with E-state index in [0.29, 0.717) is 0 Å². The van der Waals surface area contributed by atoms with Crippen LogP contribution in [0.1, 0.15) is 0 Å². The minimum atomic E-state index is -0.0570. The van der Waals surface area contributed by atoms with Gasteiger partial charge in [0.2, 0.25) is 0 Å². The van der Waals surface area contributed by atoms with E-state index in [-0.39, 0.29) is 6.98 Å². The van der Waals surface area contributed by atoms with Crippen LogP contribution in [0.15, 0.2) is 91.5 Å². The van der Waals surface area contributed by atoms with Crippen molar-refractivity contribution in [1.82, 2.24) is 18.9 Å². The van der Waals surface area contributed by atoms with Gasteiger partial charge in [0.1, 0.15) is 11.6 Å². The largest absolute Gasteiger partial charge is 0.422 e.